The maximum absolute atomic E-state index is 6.76. The second kappa shape index (κ2) is 7.87. The topological polar surface area (TPSA) is 35.6 Å². The third-order valence-corrected chi connectivity index (χ3v) is 10.2. The Hall–Kier alpha value is -6.26. The fourth-order valence-electron chi connectivity index (χ4n) is 8.42. The van der Waals surface area contributed by atoms with Crippen LogP contribution in [-0.2, 0) is 0 Å². The Bertz CT molecular complexity index is 3240. The van der Waals surface area contributed by atoms with Gasteiger partial charge >= 0.3 is 0 Å². The van der Waals surface area contributed by atoms with Crippen LogP contribution in [0.25, 0.3) is 109 Å². The summed E-state index contributed by atoms with van der Waals surface area (Å²) in [6.45, 7) is 0. The number of fused-ring (bicyclic) bond motifs is 18. The summed E-state index contributed by atoms with van der Waals surface area (Å²) in [6, 6.07) is 47.7. The van der Waals surface area contributed by atoms with E-state index in [1.165, 1.54) is 48.9 Å². The molecule has 0 atom stereocenters. The first-order chi connectivity index (χ1) is 22.8. The van der Waals surface area contributed by atoms with Crippen LogP contribution in [0, 0.1) is 0 Å². The third kappa shape index (κ3) is 2.57. The van der Waals surface area contributed by atoms with Gasteiger partial charge in [0.15, 0.2) is 11.2 Å². The highest BCUT2D eigenvalue weighted by molar-refractivity contribution is 6.39. The van der Waals surface area contributed by atoms with E-state index in [2.05, 4.69) is 130 Å². The van der Waals surface area contributed by atoms with Gasteiger partial charge in [0.2, 0.25) is 0 Å². The number of para-hydroxylation sites is 4. The molecule has 5 aromatic heterocycles. The first kappa shape index (κ1) is 23.2. The average Bonchev–Trinajstić information content (AvgIpc) is 3.90. The Kier molecular flexibility index (Phi) is 3.96. The highest BCUT2D eigenvalue weighted by Gasteiger charge is 2.28. The molecule has 0 aliphatic carbocycles. The number of hydrogen-bond acceptors (Lipinski definition) is 2. The lowest BCUT2D eigenvalue weighted by molar-refractivity contribution is 0.670. The van der Waals surface area contributed by atoms with E-state index in [0.717, 1.165) is 60.6 Å². The number of furan rings is 2. The lowest BCUT2D eigenvalue weighted by Gasteiger charge is -2.08. The number of benzene rings is 7. The smallest absolute Gasteiger partial charge is 0.160 e. The molecule has 0 unspecified atom stereocenters. The summed E-state index contributed by atoms with van der Waals surface area (Å²) in [5.41, 5.74) is 10.5. The summed E-state index contributed by atoms with van der Waals surface area (Å²) >= 11 is 0. The van der Waals surface area contributed by atoms with Crippen molar-refractivity contribution in [3.05, 3.63) is 133 Å². The van der Waals surface area contributed by atoms with Crippen LogP contribution < -0.4 is 0 Å². The molecule has 0 aliphatic heterocycles. The van der Waals surface area contributed by atoms with E-state index < -0.39 is 0 Å². The maximum atomic E-state index is 6.76. The van der Waals surface area contributed by atoms with Gasteiger partial charge in [0.25, 0.3) is 0 Å². The van der Waals surface area contributed by atoms with Crippen LogP contribution in [0.2, 0.25) is 0 Å². The fourth-order valence-corrected chi connectivity index (χ4v) is 8.42. The molecule has 12 rings (SSSR count). The highest BCUT2D eigenvalue weighted by Crippen LogP contribution is 2.50. The molecule has 0 fully saturated rings. The SMILES string of the molecule is c1ccc(-n2c3ccccc3c3c4c5ccc6c7ccccc7oc6c5n5c6c(ccc7c8ccccc8oc76)c(cc32)c45)cc1. The average molecular weight is 587 g/mol. The lowest BCUT2D eigenvalue weighted by atomic mass is 10.0. The number of nitrogens with zero attached hydrogens (tertiary/aromatic N) is 2. The van der Waals surface area contributed by atoms with Crippen molar-refractivity contribution in [3.8, 4) is 5.69 Å². The predicted octanol–water partition coefficient (Wildman–Crippen LogP) is 11.7. The van der Waals surface area contributed by atoms with Gasteiger partial charge in [0.1, 0.15) is 11.2 Å². The van der Waals surface area contributed by atoms with Gasteiger partial charge in [-0.2, -0.15) is 0 Å². The van der Waals surface area contributed by atoms with Crippen LogP contribution in [0.4, 0.5) is 0 Å². The summed E-state index contributed by atoms with van der Waals surface area (Å²) in [5, 5.41) is 11.8. The zero-order valence-corrected chi connectivity index (χ0v) is 24.4. The standard InChI is InChI=1S/C42H22N2O2/c1-2-10-23(11-3-1)43-32-15-7-4-14-29(32)36-33(43)22-31-26-18-19-27-24-12-5-8-16-34(24)45-41(27)39(26)44-38(31)37(36)30-21-20-28-25-13-6-9-17-35(25)46-42(28)40(30)44/h1-22H. The molecular weight excluding hydrogens is 564 g/mol. The van der Waals surface area contributed by atoms with Crippen LogP contribution in [0.1, 0.15) is 0 Å². The first-order valence-corrected chi connectivity index (χ1v) is 15.7. The van der Waals surface area contributed by atoms with Crippen LogP contribution in [0.3, 0.4) is 0 Å². The van der Waals surface area contributed by atoms with Crippen molar-refractivity contribution < 1.29 is 8.83 Å². The molecule has 12 aromatic rings. The van der Waals surface area contributed by atoms with Gasteiger partial charge in [-0.15, -0.1) is 0 Å². The quantitative estimate of drug-likeness (QED) is 0.192. The molecule has 0 N–H and O–H groups in total. The van der Waals surface area contributed by atoms with Crippen molar-refractivity contribution >= 4 is 104 Å². The summed E-state index contributed by atoms with van der Waals surface area (Å²) in [5.74, 6) is 0. The number of aromatic nitrogens is 2. The molecule has 212 valence electrons. The van der Waals surface area contributed by atoms with Gasteiger partial charge in [-0.05, 0) is 48.5 Å². The third-order valence-electron chi connectivity index (χ3n) is 10.2. The molecule has 0 saturated heterocycles. The first-order valence-electron chi connectivity index (χ1n) is 15.7. The van der Waals surface area contributed by atoms with Crippen molar-refractivity contribution in [3.63, 3.8) is 0 Å². The highest BCUT2D eigenvalue weighted by atomic mass is 16.3. The van der Waals surface area contributed by atoms with Crippen molar-refractivity contribution in [2.45, 2.75) is 0 Å². The van der Waals surface area contributed by atoms with Gasteiger partial charge in [0.05, 0.1) is 27.6 Å². The molecule has 0 aliphatic rings. The molecule has 7 aromatic carbocycles. The second-order valence-electron chi connectivity index (χ2n) is 12.4. The Morgan fingerprint density at radius 2 is 0.935 bits per heavy atom. The Balaban J connectivity index is 1.44. The molecular formula is C42H22N2O2. The Labute approximate surface area is 260 Å². The molecule has 46 heavy (non-hydrogen) atoms. The largest absolute Gasteiger partial charge is 0.454 e. The maximum Gasteiger partial charge on any atom is 0.160 e. The second-order valence-corrected chi connectivity index (χ2v) is 12.4. The molecule has 0 amide bonds. The summed E-state index contributed by atoms with van der Waals surface area (Å²) < 4.78 is 18.4. The van der Waals surface area contributed by atoms with Gasteiger partial charge in [-0.1, -0.05) is 84.9 Å². The molecule has 0 saturated carbocycles. The van der Waals surface area contributed by atoms with E-state index in [-0.39, 0.29) is 0 Å². The van der Waals surface area contributed by atoms with Crippen molar-refractivity contribution in [1.82, 2.24) is 8.97 Å². The normalized spacial score (nSPS) is 12.8. The zero-order chi connectivity index (χ0) is 29.7. The lowest BCUT2D eigenvalue weighted by Crippen LogP contribution is -1.92. The predicted molar refractivity (Wildman–Crippen MR) is 190 cm³/mol. The number of hydrogen-bond donors (Lipinski definition) is 0. The van der Waals surface area contributed by atoms with Gasteiger partial charge in [0, 0.05) is 59.5 Å². The van der Waals surface area contributed by atoms with Crippen LogP contribution >= 0.6 is 0 Å². The van der Waals surface area contributed by atoms with Gasteiger partial charge in [-0.25, -0.2) is 0 Å². The van der Waals surface area contributed by atoms with Crippen molar-refractivity contribution in [2.24, 2.45) is 0 Å². The van der Waals surface area contributed by atoms with Crippen LogP contribution in [0.5, 0.6) is 0 Å². The summed E-state index contributed by atoms with van der Waals surface area (Å²) in [4.78, 5) is 0. The van der Waals surface area contributed by atoms with E-state index in [4.69, 9.17) is 8.83 Å². The van der Waals surface area contributed by atoms with E-state index >= 15 is 0 Å². The van der Waals surface area contributed by atoms with E-state index in [1.54, 1.807) is 0 Å². The van der Waals surface area contributed by atoms with Gasteiger partial charge < -0.3 is 17.8 Å². The molecule has 0 radical (unpaired) electrons. The molecule has 4 nitrogen and oxygen atoms in total. The molecule has 0 bridgehead atoms. The van der Waals surface area contributed by atoms with Crippen molar-refractivity contribution in [1.29, 1.82) is 0 Å². The van der Waals surface area contributed by atoms with Crippen LogP contribution in [0.15, 0.2) is 142 Å². The van der Waals surface area contributed by atoms with E-state index in [0.29, 0.717) is 0 Å². The zero-order valence-electron chi connectivity index (χ0n) is 24.4. The van der Waals surface area contributed by atoms with E-state index in [1.807, 2.05) is 12.1 Å². The molecule has 5 heterocycles. The number of rotatable bonds is 1. The minimum atomic E-state index is 0.897. The Morgan fingerprint density at radius 1 is 0.370 bits per heavy atom. The minimum Gasteiger partial charge on any atom is -0.454 e. The molecule has 4 heteroatoms. The van der Waals surface area contributed by atoms with Crippen LogP contribution in [-0.4, -0.2) is 8.97 Å². The summed E-state index contributed by atoms with van der Waals surface area (Å²) in [6.07, 6.45) is 0. The van der Waals surface area contributed by atoms with E-state index in [9.17, 15) is 0 Å². The Morgan fingerprint density at radius 3 is 1.65 bits per heavy atom. The minimum absolute atomic E-state index is 0.897. The van der Waals surface area contributed by atoms with Gasteiger partial charge in [-0.3, -0.25) is 0 Å². The van der Waals surface area contributed by atoms with Crippen molar-refractivity contribution in [2.75, 3.05) is 0 Å². The summed E-state index contributed by atoms with van der Waals surface area (Å²) in [7, 11) is 0. The molecule has 0 spiro atoms. The fraction of sp³-hybridized carbons (Fsp3) is 0. The monoisotopic (exact) mass is 586 g/mol.